The number of hydrogen-bond acceptors (Lipinski definition) is 14. The maximum absolute atomic E-state index is 11.5. The van der Waals surface area contributed by atoms with Crippen molar-refractivity contribution in [2.24, 2.45) is 9.98 Å². The average molecular weight is 646 g/mol. The van der Waals surface area contributed by atoms with Crippen LogP contribution < -0.4 is 10.6 Å². The maximum atomic E-state index is 11.5. The molecular weight excluding hydrogens is 612 g/mol. The Hall–Kier alpha value is -4.20. The van der Waals surface area contributed by atoms with Gasteiger partial charge in [0.05, 0.1) is 51.0 Å². The molecule has 0 saturated carbocycles. The van der Waals surface area contributed by atoms with E-state index in [1.54, 1.807) is 0 Å². The molecule has 14 nitrogen and oxygen atoms in total. The number of esters is 4. The monoisotopic (exact) mass is 645 g/mol. The van der Waals surface area contributed by atoms with Gasteiger partial charge < -0.3 is 29.6 Å². The first kappa shape index (κ1) is 35.0. The molecule has 4 heterocycles. The van der Waals surface area contributed by atoms with Crippen LogP contribution in [0.3, 0.4) is 0 Å². The number of nitriles is 2. The zero-order chi connectivity index (χ0) is 30.8. The van der Waals surface area contributed by atoms with Gasteiger partial charge in [0.1, 0.15) is 36.3 Å². The molecule has 233 valence electrons. The molecule has 1 radical (unpaired) electrons. The Morgan fingerprint density at radius 3 is 1.28 bits per heavy atom. The summed E-state index contributed by atoms with van der Waals surface area (Å²) >= 11 is 0. The molecule has 43 heavy (non-hydrogen) atoms. The summed E-state index contributed by atoms with van der Waals surface area (Å²) in [6.45, 7) is 0. The molecule has 0 bridgehead atoms. The first-order valence-corrected chi connectivity index (χ1v) is 13.5. The summed E-state index contributed by atoms with van der Waals surface area (Å²) in [5.74, 6) is -1.47. The van der Waals surface area contributed by atoms with Crippen LogP contribution in [0.25, 0.3) is 0 Å². The van der Waals surface area contributed by atoms with Gasteiger partial charge in [0.15, 0.2) is 0 Å². The number of ether oxygens (including phenoxy) is 4. The average Bonchev–Trinajstić information content (AvgIpc) is 3.84. The molecule has 4 atom stereocenters. The topological polar surface area (TPSA) is 202 Å². The van der Waals surface area contributed by atoms with Gasteiger partial charge in [-0.2, -0.15) is 10.5 Å². The quantitative estimate of drug-likeness (QED) is 0.179. The molecule has 4 rings (SSSR count). The van der Waals surface area contributed by atoms with Crippen LogP contribution in [0.15, 0.2) is 32.5 Å². The molecule has 0 spiro atoms. The minimum atomic E-state index is -0.535. The number of methoxy groups -OCH3 is 4. The van der Waals surface area contributed by atoms with E-state index in [0.29, 0.717) is 85.3 Å². The van der Waals surface area contributed by atoms with Crippen LogP contribution >= 0.6 is 0 Å². The van der Waals surface area contributed by atoms with Gasteiger partial charge >= 0.3 is 40.9 Å². The minimum absolute atomic E-state index is 0. The first-order valence-electron chi connectivity index (χ1n) is 13.5. The van der Waals surface area contributed by atoms with E-state index >= 15 is 0 Å². The van der Waals surface area contributed by atoms with E-state index in [2.05, 4.69) is 51.7 Å². The van der Waals surface area contributed by atoms with E-state index in [9.17, 15) is 29.7 Å². The number of nitrogens with zero attached hydrogens (tertiary/aromatic N) is 4. The fourth-order valence-corrected chi connectivity index (χ4v) is 5.11. The van der Waals surface area contributed by atoms with Gasteiger partial charge in [0.25, 0.3) is 0 Å². The van der Waals surface area contributed by atoms with Crippen LogP contribution in [-0.4, -0.2) is 87.9 Å². The van der Waals surface area contributed by atoms with Crippen LogP contribution in [0.2, 0.25) is 0 Å². The Morgan fingerprint density at radius 1 is 0.628 bits per heavy atom. The summed E-state index contributed by atoms with van der Waals surface area (Å²) in [7, 11) is 5.30. The van der Waals surface area contributed by atoms with Crippen molar-refractivity contribution in [3.63, 3.8) is 0 Å². The van der Waals surface area contributed by atoms with E-state index in [4.69, 9.17) is 0 Å². The van der Waals surface area contributed by atoms with Crippen molar-refractivity contribution in [2.45, 2.75) is 75.5 Å². The largest absolute Gasteiger partial charge is 2.00 e. The second-order valence-electron chi connectivity index (χ2n) is 9.76. The molecule has 0 aromatic rings. The summed E-state index contributed by atoms with van der Waals surface area (Å²) < 4.78 is 18.7. The van der Waals surface area contributed by atoms with Crippen LogP contribution in [0.4, 0.5) is 0 Å². The van der Waals surface area contributed by atoms with Crippen LogP contribution in [0.5, 0.6) is 0 Å². The molecule has 0 aromatic carbocycles. The van der Waals surface area contributed by atoms with Gasteiger partial charge in [0.2, 0.25) is 0 Å². The predicted molar refractivity (Wildman–Crippen MR) is 147 cm³/mol. The van der Waals surface area contributed by atoms with Crippen LogP contribution in [0, 0.1) is 22.7 Å². The number of hydrogen-bond donors (Lipinski definition) is 2. The van der Waals surface area contributed by atoms with Crippen LogP contribution in [0.1, 0.15) is 51.4 Å². The third-order valence-electron chi connectivity index (χ3n) is 7.32. The summed E-state index contributed by atoms with van der Waals surface area (Å²) in [5, 5.41) is 24.7. The van der Waals surface area contributed by atoms with Crippen molar-refractivity contribution in [1.29, 1.82) is 10.5 Å². The molecule has 4 aliphatic rings. The molecule has 2 N–H and O–H groups in total. The summed E-state index contributed by atoms with van der Waals surface area (Å²) in [6, 6.07) is 2.33. The van der Waals surface area contributed by atoms with Gasteiger partial charge in [-0.1, -0.05) is 0 Å². The fourth-order valence-electron chi connectivity index (χ4n) is 5.11. The SMILES string of the molecule is COC(=O)C1CCC(C(C#N)=C2CCC(C(=O)OC)N2)=N1.COC(=O)C1CCC(C(C#N)=C2CCC(C(=O)OC)N2)=N1.[Cu+2]. The summed E-state index contributed by atoms with van der Waals surface area (Å²) in [6.07, 6.45) is 4.53. The molecule has 0 amide bonds. The van der Waals surface area contributed by atoms with E-state index < -0.39 is 24.2 Å². The Bertz CT molecular complexity index is 1220. The summed E-state index contributed by atoms with van der Waals surface area (Å²) in [5.41, 5.74) is 3.43. The summed E-state index contributed by atoms with van der Waals surface area (Å²) in [4.78, 5) is 54.5. The third kappa shape index (κ3) is 8.43. The molecule has 4 unspecified atom stereocenters. The van der Waals surface area contributed by atoms with Crippen molar-refractivity contribution >= 4 is 35.3 Å². The van der Waals surface area contributed by atoms with Gasteiger partial charge in [-0.05, 0) is 51.4 Å². The zero-order valence-electron chi connectivity index (χ0n) is 24.3. The molecule has 0 aliphatic carbocycles. The number of allylic oxidation sites excluding steroid dienone is 4. The Balaban J connectivity index is 0.000000293. The molecule has 4 aliphatic heterocycles. The Morgan fingerprint density at radius 2 is 0.977 bits per heavy atom. The van der Waals surface area contributed by atoms with Crippen molar-refractivity contribution in [3.8, 4) is 12.1 Å². The van der Waals surface area contributed by atoms with Crippen molar-refractivity contribution in [1.82, 2.24) is 10.6 Å². The number of nitrogens with one attached hydrogen (secondary N) is 2. The fraction of sp³-hybridized carbons (Fsp3) is 0.571. The van der Waals surface area contributed by atoms with Gasteiger partial charge in [-0.15, -0.1) is 0 Å². The zero-order valence-corrected chi connectivity index (χ0v) is 25.3. The Kier molecular flexibility index (Phi) is 13.4. The second kappa shape index (κ2) is 16.4. The van der Waals surface area contributed by atoms with Crippen molar-refractivity contribution in [2.75, 3.05) is 28.4 Å². The standard InChI is InChI=1S/2C14H17N3O4.Cu/c2*1-20-13(18)11-5-3-9(16-11)8(7-15)10-4-6-12(17-10)14(19)21-2;/h2*11-12,16H,3-6H2,1-2H3;/q;;+2. The molecule has 0 aromatic heterocycles. The van der Waals surface area contributed by atoms with Crippen molar-refractivity contribution < 1.29 is 55.2 Å². The second-order valence-corrected chi connectivity index (χ2v) is 9.76. The smallest absolute Gasteiger partial charge is 0.467 e. The van der Waals surface area contributed by atoms with Gasteiger partial charge in [0, 0.05) is 11.4 Å². The van der Waals surface area contributed by atoms with Gasteiger partial charge in [-0.25, -0.2) is 19.2 Å². The first-order chi connectivity index (χ1) is 20.2. The number of carbonyl (C=O) groups is 4. The minimum Gasteiger partial charge on any atom is -0.467 e. The van der Waals surface area contributed by atoms with E-state index in [1.807, 2.05) is 0 Å². The van der Waals surface area contributed by atoms with Gasteiger partial charge in [-0.3, -0.25) is 9.98 Å². The normalized spacial score (nSPS) is 25.8. The van der Waals surface area contributed by atoms with E-state index in [0.717, 1.165) is 0 Å². The number of aliphatic imine (C=N–C) groups is 2. The Labute approximate surface area is 260 Å². The van der Waals surface area contributed by atoms with E-state index in [-0.39, 0.29) is 40.9 Å². The van der Waals surface area contributed by atoms with Crippen LogP contribution in [-0.2, 0) is 55.2 Å². The maximum Gasteiger partial charge on any atom is 2.00 e. The molecule has 2 saturated heterocycles. The third-order valence-corrected chi connectivity index (χ3v) is 7.32. The molecule has 15 heteroatoms. The number of carbonyl (C=O) groups excluding carboxylic acids is 4. The van der Waals surface area contributed by atoms with E-state index in [1.165, 1.54) is 28.4 Å². The molecule has 2 fully saturated rings. The van der Waals surface area contributed by atoms with Crippen molar-refractivity contribution in [3.05, 3.63) is 22.5 Å². The molecular formula is C28H34CuN6O8+2. The predicted octanol–water partition coefficient (Wildman–Crippen LogP) is 0.928. The number of rotatable bonds is 6.